The van der Waals surface area contributed by atoms with Gasteiger partial charge in [-0.15, -0.1) is 11.8 Å². The molecule has 0 amide bonds. The highest BCUT2D eigenvalue weighted by atomic mass is 32.2. The molecule has 8 heteroatoms. The number of carbonyl (C=O) groups is 1. The summed E-state index contributed by atoms with van der Waals surface area (Å²) >= 11 is 1.65. The molecule has 2 unspecified atom stereocenters. The number of cyclic esters (lactones) is 1. The average Bonchev–Trinajstić information content (AvgIpc) is 3.09. The van der Waals surface area contributed by atoms with E-state index in [1.807, 2.05) is 0 Å². The Balaban J connectivity index is 1.70. The molecule has 0 radical (unpaired) electrons. The van der Waals surface area contributed by atoms with Crippen LogP contribution in [0.3, 0.4) is 0 Å². The van der Waals surface area contributed by atoms with Crippen molar-refractivity contribution in [2.24, 2.45) is 0 Å². The number of aliphatic hydroxyl groups is 1. The van der Waals surface area contributed by atoms with Crippen LogP contribution < -0.4 is 5.56 Å². The molecule has 0 saturated heterocycles. The van der Waals surface area contributed by atoms with Crippen molar-refractivity contribution >= 4 is 28.6 Å². The number of aliphatic hydroxyl groups excluding tert-OH is 1. The Morgan fingerprint density at radius 1 is 1.30 bits per heavy atom. The highest BCUT2D eigenvalue weighted by molar-refractivity contribution is 7.99. The molecule has 0 bridgehead atoms. The van der Waals surface area contributed by atoms with Gasteiger partial charge in [0.05, 0.1) is 29.0 Å². The van der Waals surface area contributed by atoms with E-state index in [0.29, 0.717) is 34.6 Å². The van der Waals surface area contributed by atoms with E-state index in [0.717, 1.165) is 27.2 Å². The number of esters is 1. The van der Waals surface area contributed by atoms with Gasteiger partial charge in [0.25, 0.3) is 5.56 Å². The highest BCUT2D eigenvalue weighted by Gasteiger charge is 2.36. The van der Waals surface area contributed by atoms with Crippen molar-refractivity contribution < 1.29 is 19.0 Å². The SMILES string of the molecule is Cc1c(F)cc2nc3c(c4c2c1SCC4C)Cn1c-3cc2c(c1=O)COC(=O)C2O. The Kier molecular flexibility index (Phi) is 3.57. The van der Waals surface area contributed by atoms with Gasteiger partial charge in [-0.3, -0.25) is 4.79 Å². The third-order valence-electron chi connectivity index (χ3n) is 6.40. The number of hydrogen-bond donors (Lipinski definition) is 1. The molecule has 5 heterocycles. The van der Waals surface area contributed by atoms with E-state index in [1.54, 1.807) is 29.3 Å². The number of pyridine rings is 2. The number of hydrogen-bond acceptors (Lipinski definition) is 6. The molecule has 2 aromatic heterocycles. The Hall–Kier alpha value is -2.71. The van der Waals surface area contributed by atoms with Crippen molar-refractivity contribution in [3.8, 4) is 11.4 Å². The Morgan fingerprint density at radius 3 is 2.90 bits per heavy atom. The lowest BCUT2D eigenvalue weighted by atomic mass is 9.90. The molecule has 1 aromatic carbocycles. The monoisotopic (exact) mass is 424 g/mol. The molecule has 6 rings (SSSR count). The second-order valence-electron chi connectivity index (χ2n) is 8.14. The minimum Gasteiger partial charge on any atom is -0.458 e. The van der Waals surface area contributed by atoms with E-state index < -0.39 is 12.1 Å². The molecule has 0 fully saturated rings. The second-order valence-corrected chi connectivity index (χ2v) is 9.17. The molecule has 6 nitrogen and oxygen atoms in total. The largest absolute Gasteiger partial charge is 0.458 e. The first-order valence-corrected chi connectivity index (χ1v) is 10.8. The third kappa shape index (κ3) is 2.15. The van der Waals surface area contributed by atoms with Crippen molar-refractivity contribution in [2.75, 3.05) is 5.75 Å². The lowest BCUT2D eigenvalue weighted by Gasteiger charge is -2.26. The molecule has 152 valence electrons. The van der Waals surface area contributed by atoms with Gasteiger partial charge in [-0.05, 0) is 30.0 Å². The maximum atomic E-state index is 14.6. The van der Waals surface area contributed by atoms with Crippen molar-refractivity contribution in [2.45, 2.75) is 43.9 Å². The van der Waals surface area contributed by atoms with Crippen molar-refractivity contribution in [1.29, 1.82) is 0 Å². The smallest absolute Gasteiger partial charge is 0.340 e. The molecule has 0 aliphatic carbocycles. The molecule has 1 N–H and O–H groups in total. The van der Waals surface area contributed by atoms with Crippen LogP contribution in [0.2, 0.25) is 0 Å². The molecule has 30 heavy (non-hydrogen) atoms. The summed E-state index contributed by atoms with van der Waals surface area (Å²) in [6, 6.07) is 3.12. The minimum absolute atomic E-state index is 0.148. The van der Waals surface area contributed by atoms with E-state index in [9.17, 15) is 19.1 Å². The maximum absolute atomic E-state index is 14.6. The van der Waals surface area contributed by atoms with Crippen LogP contribution >= 0.6 is 11.8 Å². The quantitative estimate of drug-likeness (QED) is 0.437. The molecule has 2 atom stereocenters. The van der Waals surface area contributed by atoms with Gasteiger partial charge in [0, 0.05) is 33.2 Å². The molecule has 0 saturated carbocycles. The lowest BCUT2D eigenvalue weighted by Crippen LogP contribution is -2.32. The fourth-order valence-electron chi connectivity index (χ4n) is 4.87. The van der Waals surface area contributed by atoms with Crippen LogP contribution in [-0.4, -0.2) is 26.4 Å². The number of fused-ring (bicyclic) bond motifs is 5. The van der Waals surface area contributed by atoms with Crippen molar-refractivity contribution in [3.63, 3.8) is 0 Å². The van der Waals surface area contributed by atoms with Crippen molar-refractivity contribution in [1.82, 2.24) is 9.55 Å². The summed E-state index contributed by atoms with van der Waals surface area (Å²) in [5.41, 5.74) is 4.72. The average molecular weight is 424 g/mol. The number of aromatic nitrogens is 2. The van der Waals surface area contributed by atoms with Crippen LogP contribution in [0.5, 0.6) is 0 Å². The number of thioether (sulfide) groups is 1. The predicted molar refractivity (Wildman–Crippen MR) is 109 cm³/mol. The van der Waals surface area contributed by atoms with Crippen LogP contribution in [0.4, 0.5) is 4.39 Å². The van der Waals surface area contributed by atoms with E-state index in [-0.39, 0.29) is 29.5 Å². The fourth-order valence-corrected chi connectivity index (χ4v) is 6.13. The summed E-state index contributed by atoms with van der Waals surface area (Å²) in [4.78, 5) is 30.6. The molecule has 0 spiro atoms. The number of halogens is 1. The van der Waals surface area contributed by atoms with Gasteiger partial charge in [0.1, 0.15) is 12.4 Å². The van der Waals surface area contributed by atoms with E-state index in [2.05, 4.69) is 6.92 Å². The standard InChI is InChI=1S/C22H17FN2O4S/c1-8-7-30-20-9(2)13(23)4-14-17(20)16(8)11-5-25-15(18(11)24-14)3-10-12(21(25)27)6-29-22(28)19(10)26/h3-4,8,19,26H,5-7H2,1-2H3. The summed E-state index contributed by atoms with van der Waals surface area (Å²) in [5, 5.41) is 11.2. The number of nitrogens with zero attached hydrogens (tertiary/aromatic N) is 2. The summed E-state index contributed by atoms with van der Waals surface area (Å²) in [5.74, 6) is -0.00998. The minimum atomic E-state index is -1.49. The Labute approximate surface area is 174 Å². The second kappa shape index (κ2) is 5.92. The summed E-state index contributed by atoms with van der Waals surface area (Å²) in [6.45, 7) is 4.14. The zero-order chi connectivity index (χ0) is 20.9. The Bertz CT molecular complexity index is 1380. The van der Waals surface area contributed by atoms with E-state index in [4.69, 9.17) is 9.72 Å². The van der Waals surface area contributed by atoms with E-state index in [1.165, 1.54) is 6.07 Å². The first-order valence-electron chi connectivity index (χ1n) is 9.77. The van der Waals surface area contributed by atoms with Crippen LogP contribution in [0.1, 0.15) is 46.8 Å². The van der Waals surface area contributed by atoms with Crippen LogP contribution in [-0.2, 0) is 22.7 Å². The lowest BCUT2D eigenvalue weighted by molar-refractivity contribution is -0.157. The van der Waals surface area contributed by atoms with Gasteiger partial charge < -0.3 is 14.4 Å². The highest BCUT2D eigenvalue weighted by Crippen LogP contribution is 2.48. The topological polar surface area (TPSA) is 81.4 Å². The van der Waals surface area contributed by atoms with Gasteiger partial charge in [-0.25, -0.2) is 14.2 Å². The molecular formula is C22H17FN2O4S. The molecule has 3 aromatic rings. The third-order valence-corrected chi connectivity index (χ3v) is 7.86. The zero-order valence-electron chi connectivity index (χ0n) is 16.3. The van der Waals surface area contributed by atoms with Gasteiger partial charge in [0.2, 0.25) is 0 Å². The van der Waals surface area contributed by atoms with Gasteiger partial charge in [-0.2, -0.15) is 0 Å². The van der Waals surface area contributed by atoms with E-state index >= 15 is 0 Å². The predicted octanol–water partition coefficient (Wildman–Crippen LogP) is 3.17. The summed E-state index contributed by atoms with van der Waals surface area (Å²) in [6.07, 6.45) is -1.49. The van der Waals surface area contributed by atoms with Gasteiger partial charge in [-0.1, -0.05) is 6.92 Å². The molecule has 3 aliphatic heterocycles. The summed E-state index contributed by atoms with van der Waals surface area (Å²) < 4.78 is 21.2. The van der Waals surface area contributed by atoms with Gasteiger partial charge in [0.15, 0.2) is 6.10 Å². The van der Waals surface area contributed by atoms with Gasteiger partial charge >= 0.3 is 5.97 Å². The Morgan fingerprint density at radius 2 is 2.10 bits per heavy atom. The number of benzene rings is 1. The zero-order valence-corrected chi connectivity index (χ0v) is 17.1. The van der Waals surface area contributed by atoms with Crippen LogP contribution in [0.15, 0.2) is 21.8 Å². The maximum Gasteiger partial charge on any atom is 0.340 e. The first-order chi connectivity index (χ1) is 14.4. The molecule has 3 aliphatic rings. The van der Waals surface area contributed by atoms with Crippen LogP contribution in [0, 0.1) is 12.7 Å². The fraction of sp³-hybridized carbons (Fsp3) is 0.318. The normalized spacial score (nSPS) is 21.3. The summed E-state index contributed by atoms with van der Waals surface area (Å²) in [7, 11) is 0. The number of carbonyl (C=O) groups excluding carboxylic acids is 1. The number of rotatable bonds is 0. The van der Waals surface area contributed by atoms with Crippen LogP contribution in [0.25, 0.3) is 22.3 Å². The number of ether oxygens (including phenoxy) is 1. The van der Waals surface area contributed by atoms with Crippen molar-refractivity contribution in [3.05, 3.63) is 56.1 Å². The first kappa shape index (κ1) is 18.1. The molecular weight excluding hydrogens is 407 g/mol.